The zero-order chi connectivity index (χ0) is 12.0. The van der Waals surface area contributed by atoms with Crippen LogP contribution in [0.5, 0.6) is 0 Å². The number of carbonyl (C=O) groups is 1. The Balaban J connectivity index is 2.48. The van der Waals surface area contributed by atoms with Crippen LogP contribution in [0.25, 0.3) is 0 Å². The summed E-state index contributed by atoms with van der Waals surface area (Å²) in [5.41, 5.74) is 0.912. The fourth-order valence-electron chi connectivity index (χ4n) is 1.34. The molecule has 1 atom stereocenters. The van der Waals surface area contributed by atoms with E-state index >= 15 is 0 Å². The minimum Gasteiger partial charge on any atom is -0.394 e. The minimum absolute atomic E-state index is 0.0249. The quantitative estimate of drug-likeness (QED) is 0.826. The van der Waals surface area contributed by atoms with Crippen LogP contribution in [0.4, 0.5) is 0 Å². The molecular weight excluding hydrogens is 226 g/mol. The number of aliphatic hydroxyl groups excluding tert-OH is 1. The van der Waals surface area contributed by atoms with E-state index < -0.39 is 0 Å². The molecule has 88 valence electrons. The number of aliphatic hydroxyl groups is 1. The largest absolute Gasteiger partial charge is 0.394 e. The zero-order valence-electron chi connectivity index (χ0n) is 9.24. The van der Waals surface area contributed by atoms with Gasteiger partial charge < -0.3 is 10.4 Å². The molecule has 0 saturated heterocycles. The number of hydrogen-bond donors (Lipinski definition) is 2. The first-order valence-electron chi connectivity index (χ1n) is 5.30. The monoisotopic (exact) mass is 241 g/mol. The molecule has 0 bridgehead atoms. The van der Waals surface area contributed by atoms with Crippen LogP contribution in [0.3, 0.4) is 0 Å². The molecule has 1 aromatic carbocycles. The van der Waals surface area contributed by atoms with Crippen LogP contribution in [-0.4, -0.2) is 23.7 Å². The molecule has 0 aliphatic rings. The van der Waals surface area contributed by atoms with Crippen LogP contribution in [0.15, 0.2) is 24.3 Å². The number of rotatable bonds is 5. The van der Waals surface area contributed by atoms with E-state index in [9.17, 15) is 4.79 Å². The Morgan fingerprint density at radius 1 is 1.44 bits per heavy atom. The highest BCUT2D eigenvalue weighted by Crippen LogP contribution is 2.09. The number of amides is 1. The van der Waals surface area contributed by atoms with Crippen LogP contribution >= 0.6 is 11.6 Å². The molecule has 1 rings (SSSR count). The van der Waals surface area contributed by atoms with Crippen molar-refractivity contribution in [2.75, 3.05) is 6.61 Å². The van der Waals surface area contributed by atoms with Gasteiger partial charge in [-0.25, -0.2) is 0 Å². The Labute approximate surface area is 100 Å². The van der Waals surface area contributed by atoms with E-state index in [1.54, 1.807) is 12.1 Å². The summed E-state index contributed by atoms with van der Waals surface area (Å²) < 4.78 is 0. The fourth-order valence-corrected chi connectivity index (χ4v) is 1.47. The van der Waals surface area contributed by atoms with Crippen molar-refractivity contribution in [3.63, 3.8) is 0 Å². The summed E-state index contributed by atoms with van der Waals surface area (Å²) in [5.74, 6) is -0.0803. The van der Waals surface area contributed by atoms with Gasteiger partial charge >= 0.3 is 0 Å². The predicted molar refractivity (Wildman–Crippen MR) is 64.5 cm³/mol. The molecule has 1 amide bonds. The lowest BCUT2D eigenvalue weighted by Gasteiger charge is -2.13. The topological polar surface area (TPSA) is 49.3 Å². The number of hydrogen-bond acceptors (Lipinski definition) is 2. The van der Waals surface area contributed by atoms with Gasteiger partial charge in [-0.1, -0.05) is 30.7 Å². The first-order valence-corrected chi connectivity index (χ1v) is 5.68. The average Bonchev–Trinajstić information content (AvgIpc) is 2.29. The van der Waals surface area contributed by atoms with Crippen LogP contribution in [0, 0.1) is 0 Å². The molecule has 0 aliphatic heterocycles. The van der Waals surface area contributed by atoms with Gasteiger partial charge in [-0.3, -0.25) is 4.79 Å². The molecule has 0 aliphatic carbocycles. The van der Waals surface area contributed by atoms with E-state index in [4.69, 9.17) is 16.7 Å². The molecule has 2 N–H and O–H groups in total. The summed E-state index contributed by atoms with van der Waals surface area (Å²) in [7, 11) is 0. The van der Waals surface area contributed by atoms with Crippen molar-refractivity contribution in [1.82, 2.24) is 5.32 Å². The molecule has 1 aromatic rings. The molecular formula is C12H16ClNO2. The highest BCUT2D eigenvalue weighted by atomic mass is 35.5. The second kappa shape index (κ2) is 6.51. The molecule has 0 spiro atoms. The van der Waals surface area contributed by atoms with Crippen molar-refractivity contribution in [2.45, 2.75) is 25.8 Å². The van der Waals surface area contributed by atoms with Gasteiger partial charge in [0.2, 0.25) is 5.91 Å². The Bertz CT molecular complexity index is 333. The molecule has 0 radical (unpaired) electrons. The van der Waals surface area contributed by atoms with E-state index in [0.29, 0.717) is 11.4 Å². The Morgan fingerprint density at radius 3 is 2.56 bits per heavy atom. The standard InChI is InChI=1S/C12H16ClNO2/c1-2-11(8-15)14-12(16)7-9-3-5-10(13)6-4-9/h3-6,11,15H,2,7-8H2,1H3,(H,14,16). The van der Waals surface area contributed by atoms with E-state index in [1.165, 1.54) is 0 Å². The van der Waals surface area contributed by atoms with Gasteiger partial charge in [0.05, 0.1) is 19.1 Å². The smallest absolute Gasteiger partial charge is 0.224 e. The highest BCUT2D eigenvalue weighted by Gasteiger charge is 2.09. The second-order valence-electron chi connectivity index (χ2n) is 3.66. The molecule has 0 fully saturated rings. The lowest BCUT2D eigenvalue weighted by Crippen LogP contribution is -2.37. The van der Waals surface area contributed by atoms with E-state index in [1.807, 2.05) is 19.1 Å². The van der Waals surface area contributed by atoms with Crippen molar-refractivity contribution in [1.29, 1.82) is 0 Å². The summed E-state index contributed by atoms with van der Waals surface area (Å²) in [6, 6.07) is 7.00. The van der Waals surface area contributed by atoms with Crippen LogP contribution in [0.1, 0.15) is 18.9 Å². The Hall–Kier alpha value is -1.06. The predicted octanol–water partition coefficient (Wildman–Crippen LogP) is 1.77. The average molecular weight is 242 g/mol. The molecule has 0 heterocycles. The molecule has 3 nitrogen and oxygen atoms in total. The molecule has 0 aromatic heterocycles. The molecule has 0 saturated carbocycles. The van der Waals surface area contributed by atoms with Crippen LogP contribution in [-0.2, 0) is 11.2 Å². The van der Waals surface area contributed by atoms with Crippen molar-refractivity contribution in [2.24, 2.45) is 0 Å². The zero-order valence-corrected chi connectivity index (χ0v) is 10.00. The van der Waals surface area contributed by atoms with Gasteiger partial charge in [0.25, 0.3) is 0 Å². The van der Waals surface area contributed by atoms with Crippen molar-refractivity contribution >= 4 is 17.5 Å². The van der Waals surface area contributed by atoms with Gasteiger partial charge in [0.15, 0.2) is 0 Å². The summed E-state index contributed by atoms with van der Waals surface area (Å²) in [6.45, 7) is 1.90. The van der Waals surface area contributed by atoms with Gasteiger partial charge in [0.1, 0.15) is 0 Å². The van der Waals surface area contributed by atoms with Gasteiger partial charge in [0, 0.05) is 5.02 Å². The van der Waals surface area contributed by atoms with Crippen molar-refractivity contribution in [3.8, 4) is 0 Å². The second-order valence-corrected chi connectivity index (χ2v) is 4.09. The number of halogens is 1. The lowest BCUT2D eigenvalue weighted by molar-refractivity contribution is -0.121. The maximum atomic E-state index is 11.6. The number of benzene rings is 1. The van der Waals surface area contributed by atoms with Gasteiger partial charge in [-0.15, -0.1) is 0 Å². The van der Waals surface area contributed by atoms with E-state index in [0.717, 1.165) is 12.0 Å². The minimum atomic E-state index is -0.153. The SMILES string of the molecule is CCC(CO)NC(=O)Cc1ccc(Cl)cc1. The number of nitrogens with one attached hydrogen (secondary N) is 1. The van der Waals surface area contributed by atoms with Crippen molar-refractivity contribution < 1.29 is 9.90 Å². The van der Waals surface area contributed by atoms with Crippen molar-refractivity contribution in [3.05, 3.63) is 34.9 Å². The maximum Gasteiger partial charge on any atom is 0.224 e. The summed E-state index contributed by atoms with van der Waals surface area (Å²) in [5, 5.41) is 12.4. The summed E-state index contributed by atoms with van der Waals surface area (Å²) >= 11 is 5.74. The van der Waals surface area contributed by atoms with Crippen LogP contribution in [0.2, 0.25) is 5.02 Å². The fraction of sp³-hybridized carbons (Fsp3) is 0.417. The van der Waals surface area contributed by atoms with E-state index in [2.05, 4.69) is 5.32 Å². The third kappa shape index (κ3) is 4.21. The first kappa shape index (κ1) is 13.0. The van der Waals surface area contributed by atoms with Gasteiger partial charge in [-0.05, 0) is 24.1 Å². The molecule has 4 heteroatoms. The lowest BCUT2D eigenvalue weighted by atomic mass is 10.1. The Kier molecular flexibility index (Phi) is 5.29. The highest BCUT2D eigenvalue weighted by molar-refractivity contribution is 6.30. The third-order valence-corrected chi connectivity index (χ3v) is 2.61. The van der Waals surface area contributed by atoms with Gasteiger partial charge in [-0.2, -0.15) is 0 Å². The van der Waals surface area contributed by atoms with Crippen LogP contribution < -0.4 is 5.32 Å². The maximum absolute atomic E-state index is 11.6. The molecule has 16 heavy (non-hydrogen) atoms. The number of carbonyl (C=O) groups excluding carboxylic acids is 1. The third-order valence-electron chi connectivity index (χ3n) is 2.36. The molecule has 1 unspecified atom stereocenters. The van der Waals surface area contributed by atoms with E-state index in [-0.39, 0.29) is 18.6 Å². The normalized spacial score (nSPS) is 12.2. The summed E-state index contributed by atoms with van der Waals surface area (Å²) in [4.78, 5) is 11.6. The summed E-state index contributed by atoms with van der Waals surface area (Å²) in [6.07, 6.45) is 1.04. The first-order chi connectivity index (χ1) is 7.65. The Morgan fingerprint density at radius 2 is 2.06 bits per heavy atom.